The zero-order valence-corrected chi connectivity index (χ0v) is 16.5. The zero-order valence-electron chi connectivity index (χ0n) is 15.7. The van der Waals surface area contributed by atoms with E-state index < -0.39 is 6.29 Å². The number of carbonyl (C=O) groups excluding carboxylic acids is 1. The molecule has 5 rings (SSSR count). The van der Waals surface area contributed by atoms with E-state index in [4.69, 9.17) is 31.5 Å². The SMILES string of the molecule is COc1ccc(-c2nn([C@H]3CC(=O)[C@H]4OC[C@H]3O4)c(=S)n2-c2ccccc2)cc1. The molecule has 3 aromatic rings. The summed E-state index contributed by atoms with van der Waals surface area (Å²) in [6.07, 6.45) is -0.702. The minimum atomic E-state index is -0.748. The third-order valence-corrected chi connectivity index (χ3v) is 5.66. The summed E-state index contributed by atoms with van der Waals surface area (Å²) < 4.78 is 20.6. The number of Topliss-reactive ketones (excluding diaryl/α,β-unsaturated/α-hetero) is 1. The zero-order chi connectivity index (χ0) is 20.0. The number of carbonyl (C=O) groups is 1. The summed E-state index contributed by atoms with van der Waals surface area (Å²) in [7, 11) is 1.63. The van der Waals surface area contributed by atoms with E-state index in [0.717, 1.165) is 17.0 Å². The number of fused-ring (bicyclic) bond motifs is 2. The van der Waals surface area contributed by atoms with Crippen LogP contribution in [0.5, 0.6) is 5.75 Å². The minimum Gasteiger partial charge on any atom is -0.497 e. The first-order chi connectivity index (χ1) is 14.2. The number of ether oxygens (including phenoxy) is 3. The Labute approximate surface area is 172 Å². The number of benzene rings is 2. The van der Waals surface area contributed by atoms with Crippen LogP contribution in [0.1, 0.15) is 12.5 Å². The van der Waals surface area contributed by atoms with Crippen LogP contribution < -0.4 is 4.74 Å². The highest BCUT2D eigenvalue weighted by Gasteiger charge is 2.45. The molecule has 8 heteroatoms. The van der Waals surface area contributed by atoms with Crippen LogP contribution in [0.25, 0.3) is 17.1 Å². The van der Waals surface area contributed by atoms with E-state index >= 15 is 0 Å². The molecule has 2 fully saturated rings. The maximum absolute atomic E-state index is 12.3. The minimum absolute atomic E-state index is 0.0779. The van der Waals surface area contributed by atoms with Gasteiger partial charge < -0.3 is 14.2 Å². The van der Waals surface area contributed by atoms with E-state index in [0.29, 0.717) is 17.2 Å². The van der Waals surface area contributed by atoms with Crippen molar-refractivity contribution in [3.8, 4) is 22.8 Å². The molecule has 2 aliphatic heterocycles. The average Bonchev–Trinajstić information content (AvgIpc) is 3.34. The molecule has 7 nitrogen and oxygen atoms in total. The van der Waals surface area contributed by atoms with Crippen LogP contribution >= 0.6 is 12.2 Å². The predicted molar refractivity (Wildman–Crippen MR) is 108 cm³/mol. The summed E-state index contributed by atoms with van der Waals surface area (Å²) in [5.41, 5.74) is 1.79. The predicted octanol–water partition coefficient (Wildman–Crippen LogP) is 3.33. The summed E-state index contributed by atoms with van der Waals surface area (Å²) in [6, 6.07) is 17.2. The fraction of sp³-hybridized carbons (Fsp3) is 0.286. The molecule has 0 unspecified atom stereocenters. The van der Waals surface area contributed by atoms with Crippen molar-refractivity contribution in [3.63, 3.8) is 0 Å². The number of rotatable bonds is 4. The van der Waals surface area contributed by atoms with Crippen LogP contribution in [-0.2, 0) is 14.3 Å². The summed E-state index contributed by atoms with van der Waals surface area (Å²) >= 11 is 5.81. The topological polar surface area (TPSA) is 67.5 Å². The van der Waals surface area contributed by atoms with Crippen molar-refractivity contribution in [2.75, 3.05) is 13.7 Å². The van der Waals surface area contributed by atoms with E-state index in [2.05, 4.69) is 0 Å². The van der Waals surface area contributed by atoms with Crippen molar-refractivity contribution in [1.29, 1.82) is 0 Å². The molecule has 2 saturated heterocycles. The quantitative estimate of drug-likeness (QED) is 0.616. The standard InChI is InChI=1S/C21H19N3O4S/c1-26-15-9-7-13(8-10-15)19-22-24(16-11-17(25)20-27-12-18(16)28-20)21(29)23(19)14-5-3-2-4-6-14/h2-10,16,18,20H,11-12H2,1H3/t16-,18+,20-/m0/s1. The molecule has 3 atom stereocenters. The molecule has 0 radical (unpaired) electrons. The lowest BCUT2D eigenvalue weighted by molar-refractivity contribution is -0.156. The highest BCUT2D eigenvalue weighted by atomic mass is 32.1. The third kappa shape index (κ3) is 3.09. The lowest BCUT2D eigenvalue weighted by Crippen LogP contribution is -2.37. The molecule has 0 aliphatic carbocycles. The van der Waals surface area contributed by atoms with Gasteiger partial charge in [0.25, 0.3) is 0 Å². The van der Waals surface area contributed by atoms with Gasteiger partial charge in [-0.15, -0.1) is 0 Å². The number of hydrogen-bond acceptors (Lipinski definition) is 6. The van der Waals surface area contributed by atoms with Crippen molar-refractivity contribution in [1.82, 2.24) is 14.3 Å². The summed E-state index contributed by atoms with van der Waals surface area (Å²) in [4.78, 5) is 12.3. The Morgan fingerprint density at radius 1 is 1.14 bits per heavy atom. The van der Waals surface area contributed by atoms with Crippen LogP contribution in [0.3, 0.4) is 0 Å². The van der Waals surface area contributed by atoms with E-state index in [-0.39, 0.29) is 24.3 Å². The van der Waals surface area contributed by atoms with Gasteiger partial charge in [-0.1, -0.05) is 18.2 Å². The Morgan fingerprint density at radius 2 is 1.90 bits per heavy atom. The molecular weight excluding hydrogens is 390 g/mol. The first-order valence-corrected chi connectivity index (χ1v) is 9.77. The van der Waals surface area contributed by atoms with Crippen LogP contribution in [0.15, 0.2) is 54.6 Å². The molecule has 2 bridgehead atoms. The van der Waals surface area contributed by atoms with E-state index in [9.17, 15) is 4.79 Å². The summed E-state index contributed by atoms with van der Waals surface area (Å²) in [6.45, 7) is 0.360. The van der Waals surface area contributed by atoms with Gasteiger partial charge in [0.05, 0.1) is 19.8 Å². The van der Waals surface area contributed by atoms with Gasteiger partial charge in [-0.2, -0.15) is 5.10 Å². The van der Waals surface area contributed by atoms with E-state index in [1.807, 2.05) is 59.2 Å². The Bertz CT molecular complexity index is 1110. The van der Waals surface area contributed by atoms with Crippen LogP contribution in [-0.4, -0.2) is 46.2 Å². The van der Waals surface area contributed by atoms with Crippen molar-refractivity contribution in [2.24, 2.45) is 0 Å². The van der Waals surface area contributed by atoms with E-state index in [1.165, 1.54) is 0 Å². The number of para-hydroxylation sites is 1. The Kier molecular flexibility index (Phi) is 4.54. The number of aromatic nitrogens is 3. The summed E-state index contributed by atoms with van der Waals surface area (Å²) in [5, 5.41) is 4.83. The van der Waals surface area contributed by atoms with Gasteiger partial charge in [0.2, 0.25) is 11.1 Å². The molecule has 0 amide bonds. The van der Waals surface area contributed by atoms with Crippen LogP contribution in [0.4, 0.5) is 0 Å². The van der Waals surface area contributed by atoms with Crippen molar-refractivity contribution in [3.05, 3.63) is 59.4 Å². The summed E-state index contributed by atoms with van der Waals surface area (Å²) in [5.74, 6) is 1.38. The molecule has 29 heavy (non-hydrogen) atoms. The second-order valence-corrected chi connectivity index (χ2v) is 7.39. The van der Waals surface area contributed by atoms with Gasteiger partial charge in [-0.05, 0) is 48.6 Å². The molecule has 2 aromatic carbocycles. The van der Waals surface area contributed by atoms with Gasteiger partial charge in [0, 0.05) is 17.7 Å². The van der Waals surface area contributed by atoms with Crippen molar-refractivity contribution in [2.45, 2.75) is 24.9 Å². The molecular formula is C21H19N3O4S. The number of methoxy groups -OCH3 is 1. The Hall–Kier alpha value is -2.81. The molecule has 2 aliphatic rings. The number of nitrogens with zero attached hydrogens (tertiary/aromatic N) is 3. The lowest BCUT2D eigenvalue weighted by Gasteiger charge is -2.26. The second-order valence-electron chi connectivity index (χ2n) is 7.03. The van der Waals surface area contributed by atoms with Gasteiger partial charge in [0.1, 0.15) is 11.9 Å². The van der Waals surface area contributed by atoms with Gasteiger partial charge in [-0.25, -0.2) is 4.68 Å². The Morgan fingerprint density at radius 3 is 2.62 bits per heavy atom. The first-order valence-electron chi connectivity index (χ1n) is 9.37. The second kappa shape index (κ2) is 7.22. The van der Waals surface area contributed by atoms with Crippen molar-refractivity contribution < 1.29 is 19.0 Å². The van der Waals surface area contributed by atoms with Crippen molar-refractivity contribution >= 4 is 18.0 Å². The normalized spacial score (nSPS) is 23.3. The van der Waals surface area contributed by atoms with Crippen LogP contribution in [0.2, 0.25) is 0 Å². The fourth-order valence-corrected chi connectivity index (χ4v) is 4.17. The first kappa shape index (κ1) is 18.2. The molecule has 1 aromatic heterocycles. The highest BCUT2D eigenvalue weighted by molar-refractivity contribution is 7.71. The molecule has 0 N–H and O–H groups in total. The van der Waals surface area contributed by atoms with Crippen LogP contribution in [0, 0.1) is 4.77 Å². The van der Waals surface area contributed by atoms with Gasteiger partial charge in [-0.3, -0.25) is 9.36 Å². The van der Waals surface area contributed by atoms with Gasteiger partial charge in [0.15, 0.2) is 11.6 Å². The van der Waals surface area contributed by atoms with Gasteiger partial charge >= 0.3 is 0 Å². The fourth-order valence-electron chi connectivity index (χ4n) is 3.80. The largest absolute Gasteiger partial charge is 0.497 e. The smallest absolute Gasteiger partial charge is 0.218 e. The monoisotopic (exact) mass is 409 g/mol. The number of hydrogen-bond donors (Lipinski definition) is 0. The maximum atomic E-state index is 12.3. The lowest BCUT2D eigenvalue weighted by atomic mass is 10.0. The highest BCUT2D eigenvalue weighted by Crippen LogP contribution is 2.34. The number of ketones is 1. The molecule has 0 saturated carbocycles. The molecule has 148 valence electrons. The maximum Gasteiger partial charge on any atom is 0.218 e. The average molecular weight is 409 g/mol. The molecule has 0 spiro atoms. The molecule has 3 heterocycles. The van der Waals surface area contributed by atoms with E-state index in [1.54, 1.807) is 11.8 Å². The Balaban J connectivity index is 1.66. The third-order valence-electron chi connectivity index (χ3n) is 5.29.